The first-order chi connectivity index (χ1) is 7.70. The molecule has 88 valence electrons. The van der Waals surface area contributed by atoms with Gasteiger partial charge in [0, 0.05) is 24.0 Å². The van der Waals surface area contributed by atoms with E-state index in [4.69, 9.17) is 5.11 Å². The maximum Gasteiger partial charge on any atom is 0.308 e. The van der Waals surface area contributed by atoms with Gasteiger partial charge in [-0.3, -0.25) is 4.79 Å². The van der Waals surface area contributed by atoms with Crippen LogP contribution in [0.4, 0.5) is 5.13 Å². The molecular weight excluding hydrogens is 226 g/mol. The molecule has 0 amide bonds. The second-order valence-electron chi connectivity index (χ2n) is 4.06. The van der Waals surface area contributed by atoms with Crippen LogP contribution in [0.25, 0.3) is 0 Å². The van der Waals surface area contributed by atoms with Gasteiger partial charge >= 0.3 is 5.97 Å². The fourth-order valence-electron chi connectivity index (χ4n) is 1.43. The number of aliphatic carboxylic acids is 1. The molecule has 0 aromatic carbocycles. The van der Waals surface area contributed by atoms with Gasteiger partial charge in [-0.1, -0.05) is 6.92 Å². The summed E-state index contributed by atoms with van der Waals surface area (Å²) in [7, 11) is 0. The molecule has 1 unspecified atom stereocenters. The first-order valence-electron chi connectivity index (χ1n) is 5.51. The lowest BCUT2D eigenvalue weighted by Gasteiger charge is -2.09. The van der Waals surface area contributed by atoms with Crippen molar-refractivity contribution < 1.29 is 9.90 Å². The summed E-state index contributed by atoms with van der Waals surface area (Å²) >= 11 is 1.32. The molecule has 1 aliphatic rings. The highest BCUT2D eigenvalue weighted by molar-refractivity contribution is 7.09. The van der Waals surface area contributed by atoms with Crippen LogP contribution < -0.4 is 5.32 Å². The SMILES string of the molecule is CCC(CNc1nc(C2CC2)ns1)C(=O)O. The number of anilines is 1. The van der Waals surface area contributed by atoms with Crippen LogP contribution >= 0.6 is 11.5 Å². The summed E-state index contributed by atoms with van der Waals surface area (Å²) in [6, 6.07) is 0. The summed E-state index contributed by atoms with van der Waals surface area (Å²) in [4.78, 5) is 15.1. The number of carboxylic acids is 1. The van der Waals surface area contributed by atoms with Crippen molar-refractivity contribution >= 4 is 22.6 Å². The van der Waals surface area contributed by atoms with E-state index in [1.165, 1.54) is 24.4 Å². The molecule has 1 saturated carbocycles. The van der Waals surface area contributed by atoms with Crippen LogP contribution in [0.5, 0.6) is 0 Å². The quantitative estimate of drug-likeness (QED) is 0.796. The zero-order chi connectivity index (χ0) is 11.5. The van der Waals surface area contributed by atoms with Crippen molar-refractivity contribution in [2.45, 2.75) is 32.1 Å². The Labute approximate surface area is 98.1 Å². The number of rotatable bonds is 6. The molecule has 5 nitrogen and oxygen atoms in total. The van der Waals surface area contributed by atoms with Crippen molar-refractivity contribution in [2.24, 2.45) is 5.92 Å². The lowest BCUT2D eigenvalue weighted by Crippen LogP contribution is -2.21. The zero-order valence-electron chi connectivity index (χ0n) is 9.14. The van der Waals surface area contributed by atoms with E-state index in [9.17, 15) is 4.79 Å². The van der Waals surface area contributed by atoms with Gasteiger partial charge in [-0.15, -0.1) is 0 Å². The maximum atomic E-state index is 10.8. The van der Waals surface area contributed by atoms with E-state index in [-0.39, 0.29) is 5.92 Å². The Morgan fingerprint density at radius 2 is 2.44 bits per heavy atom. The van der Waals surface area contributed by atoms with Gasteiger partial charge in [0.2, 0.25) is 5.13 Å². The first kappa shape index (κ1) is 11.3. The number of nitrogens with zero attached hydrogens (tertiary/aromatic N) is 2. The number of hydrogen-bond donors (Lipinski definition) is 2. The molecule has 2 N–H and O–H groups in total. The highest BCUT2D eigenvalue weighted by Crippen LogP contribution is 2.39. The smallest absolute Gasteiger partial charge is 0.308 e. The molecule has 6 heteroatoms. The van der Waals surface area contributed by atoms with E-state index in [1.54, 1.807) is 0 Å². The van der Waals surface area contributed by atoms with Gasteiger partial charge < -0.3 is 10.4 Å². The maximum absolute atomic E-state index is 10.8. The lowest BCUT2D eigenvalue weighted by molar-refractivity contribution is -0.141. The molecule has 1 heterocycles. The molecule has 1 aromatic rings. The largest absolute Gasteiger partial charge is 0.481 e. The molecule has 0 saturated heterocycles. The van der Waals surface area contributed by atoms with E-state index in [0.29, 0.717) is 18.9 Å². The summed E-state index contributed by atoms with van der Waals surface area (Å²) in [5.74, 6) is 0.347. The monoisotopic (exact) mass is 241 g/mol. The van der Waals surface area contributed by atoms with E-state index in [0.717, 1.165) is 11.0 Å². The third-order valence-corrected chi connectivity index (χ3v) is 3.41. The molecule has 1 atom stereocenters. The summed E-state index contributed by atoms with van der Waals surface area (Å²) in [6.07, 6.45) is 2.99. The minimum Gasteiger partial charge on any atom is -0.481 e. The van der Waals surface area contributed by atoms with E-state index in [2.05, 4.69) is 14.7 Å². The zero-order valence-corrected chi connectivity index (χ0v) is 9.96. The Hall–Kier alpha value is -1.17. The highest BCUT2D eigenvalue weighted by Gasteiger charge is 2.27. The van der Waals surface area contributed by atoms with Crippen molar-refractivity contribution in [3.05, 3.63) is 5.82 Å². The number of carbonyl (C=O) groups is 1. The van der Waals surface area contributed by atoms with Crippen molar-refractivity contribution in [3.8, 4) is 0 Å². The Bertz CT molecular complexity index is 376. The normalized spacial score (nSPS) is 17.1. The van der Waals surface area contributed by atoms with Crippen LogP contribution in [0.15, 0.2) is 0 Å². The van der Waals surface area contributed by atoms with Crippen LogP contribution in [0.3, 0.4) is 0 Å². The second kappa shape index (κ2) is 4.78. The molecular formula is C10H15N3O2S. The summed E-state index contributed by atoms with van der Waals surface area (Å²) < 4.78 is 4.25. The van der Waals surface area contributed by atoms with Gasteiger partial charge in [0.05, 0.1) is 5.92 Å². The van der Waals surface area contributed by atoms with Crippen molar-refractivity contribution in [2.75, 3.05) is 11.9 Å². The van der Waals surface area contributed by atoms with Gasteiger partial charge in [-0.2, -0.15) is 4.37 Å². The van der Waals surface area contributed by atoms with Crippen LogP contribution in [0.2, 0.25) is 0 Å². The standard InChI is InChI=1S/C10H15N3O2S/c1-2-6(9(14)15)5-11-10-12-8(13-16-10)7-3-4-7/h6-7H,2-5H2,1H3,(H,14,15)(H,11,12,13). The molecule has 0 radical (unpaired) electrons. The lowest BCUT2D eigenvalue weighted by atomic mass is 10.1. The average Bonchev–Trinajstić information content (AvgIpc) is 3.00. The molecule has 2 rings (SSSR count). The van der Waals surface area contributed by atoms with Gasteiger partial charge in [0.1, 0.15) is 5.82 Å². The van der Waals surface area contributed by atoms with Crippen LogP contribution in [-0.2, 0) is 4.79 Å². The van der Waals surface area contributed by atoms with Crippen LogP contribution in [0, 0.1) is 5.92 Å². The van der Waals surface area contributed by atoms with Gasteiger partial charge in [-0.05, 0) is 19.3 Å². The summed E-state index contributed by atoms with van der Waals surface area (Å²) in [5.41, 5.74) is 0. The molecule has 0 aliphatic heterocycles. The third kappa shape index (κ3) is 2.69. The molecule has 0 bridgehead atoms. The van der Waals surface area contributed by atoms with Crippen molar-refractivity contribution in [3.63, 3.8) is 0 Å². The Kier molecular flexibility index (Phi) is 3.38. The van der Waals surface area contributed by atoms with Crippen LogP contribution in [-0.4, -0.2) is 27.0 Å². The van der Waals surface area contributed by atoms with Gasteiger partial charge in [0.15, 0.2) is 0 Å². The van der Waals surface area contributed by atoms with E-state index >= 15 is 0 Å². The fourth-order valence-corrected chi connectivity index (χ4v) is 2.08. The Morgan fingerprint density at radius 3 is 3.00 bits per heavy atom. The summed E-state index contributed by atoms with van der Waals surface area (Å²) in [5, 5.41) is 12.7. The first-order valence-corrected chi connectivity index (χ1v) is 6.28. The van der Waals surface area contributed by atoms with E-state index < -0.39 is 5.97 Å². The molecule has 1 aliphatic carbocycles. The second-order valence-corrected chi connectivity index (χ2v) is 4.81. The molecule has 1 aromatic heterocycles. The Balaban J connectivity index is 1.85. The van der Waals surface area contributed by atoms with E-state index in [1.807, 2.05) is 6.92 Å². The van der Waals surface area contributed by atoms with Gasteiger partial charge in [-0.25, -0.2) is 4.98 Å². The van der Waals surface area contributed by atoms with Crippen LogP contribution in [0.1, 0.15) is 37.9 Å². The van der Waals surface area contributed by atoms with Crippen molar-refractivity contribution in [1.82, 2.24) is 9.36 Å². The molecule has 1 fully saturated rings. The van der Waals surface area contributed by atoms with Crippen molar-refractivity contribution in [1.29, 1.82) is 0 Å². The number of nitrogens with one attached hydrogen (secondary N) is 1. The molecule has 16 heavy (non-hydrogen) atoms. The molecule has 0 spiro atoms. The minimum absolute atomic E-state index is 0.353. The number of aromatic nitrogens is 2. The fraction of sp³-hybridized carbons (Fsp3) is 0.700. The third-order valence-electron chi connectivity index (χ3n) is 2.73. The predicted molar refractivity (Wildman–Crippen MR) is 61.8 cm³/mol. The summed E-state index contributed by atoms with van der Waals surface area (Å²) in [6.45, 7) is 2.29. The topological polar surface area (TPSA) is 75.1 Å². The minimum atomic E-state index is -0.762. The average molecular weight is 241 g/mol. The number of hydrogen-bond acceptors (Lipinski definition) is 5. The van der Waals surface area contributed by atoms with Gasteiger partial charge in [0.25, 0.3) is 0 Å². The Morgan fingerprint density at radius 1 is 1.69 bits per heavy atom. The number of carboxylic acid groups (broad SMARTS) is 1. The predicted octanol–water partition coefficient (Wildman–Crippen LogP) is 1.94. The highest BCUT2D eigenvalue weighted by atomic mass is 32.1.